The van der Waals surface area contributed by atoms with Crippen LogP contribution in [0.5, 0.6) is 5.75 Å². The third-order valence-electron chi connectivity index (χ3n) is 2.05. The van der Waals surface area contributed by atoms with Crippen molar-refractivity contribution in [2.24, 2.45) is 0 Å². The molecule has 0 aliphatic heterocycles. The molecule has 0 aliphatic carbocycles. The van der Waals surface area contributed by atoms with Crippen LogP contribution in [0.3, 0.4) is 0 Å². The van der Waals surface area contributed by atoms with Crippen molar-refractivity contribution in [2.75, 3.05) is 7.11 Å². The fourth-order valence-electron chi connectivity index (χ4n) is 1.41. The summed E-state index contributed by atoms with van der Waals surface area (Å²) < 4.78 is 18.4. The van der Waals surface area contributed by atoms with Gasteiger partial charge in [0.1, 0.15) is 11.6 Å². The molecule has 0 N–H and O–H groups in total. The molecule has 2 heteroatoms. The normalized spacial score (nSPS) is 10.3. The van der Waals surface area contributed by atoms with Gasteiger partial charge < -0.3 is 4.74 Å². The van der Waals surface area contributed by atoms with Crippen LogP contribution in [0.4, 0.5) is 4.39 Å². The van der Waals surface area contributed by atoms with Crippen LogP contribution in [0, 0.1) is 5.82 Å². The van der Waals surface area contributed by atoms with Crippen LogP contribution in [0.15, 0.2) is 36.4 Å². The first-order valence-corrected chi connectivity index (χ1v) is 4.04. The minimum absolute atomic E-state index is 0.212. The molecule has 0 saturated carbocycles. The molecule has 2 aromatic rings. The molecular formula is C11H9FO. The molecule has 0 heterocycles. The average Bonchev–Trinajstić information content (AvgIpc) is 2.19. The molecule has 13 heavy (non-hydrogen) atoms. The fourth-order valence-corrected chi connectivity index (χ4v) is 1.41. The smallest absolute Gasteiger partial charge is 0.131 e. The summed E-state index contributed by atoms with van der Waals surface area (Å²) in [5.74, 6) is 0.494. The zero-order chi connectivity index (χ0) is 9.26. The summed E-state index contributed by atoms with van der Waals surface area (Å²) in [6.45, 7) is 0. The molecule has 0 atom stereocenters. The number of hydrogen-bond donors (Lipinski definition) is 0. The minimum Gasteiger partial charge on any atom is -0.496 e. The highest BCUT2D eigenvalue weighted by molar-refractivity contribution is 5.88. The second-order valence-corrected chi connectivity index (χ2v) is 2.80. The van der Waals surface area contributed by atoms with Gasteiger partial charge in [-0.2, -0.15) is 0 Å². The van der Waals surface area contributed by atoms with Crippen molar-refractivity contribution in [3.05, 3.63) is 42.2 Å². The van der Waals surface area contributed by atoms with Gasteiger partial charge in [-0.05, 0) is 12.1 Å². The van der Waals surface area contributed by atoms with E-state index in [1.807, 2.05) is 18.2 Å². The van der Waals surface area contributed by atoms with E-state index < -0.39 is 0 Å². The van der Waals surface area contributed by atoms with Crippen LogP contribution >= 0.6 is 0 Å². The first-order valence-electron chi connectivity index (χ1n) is 4.04. The lowest BCUT2D eigenvalue weighted by molar-refractivity contribution is 0.419. The van der Waals surface area contributed by atoms with E-state index in [9.17, 15) is 4.39 Å². The monoisotopic (exact) mass is 175 g/mol. The van der Waals surface area contributed by atoms with Gasteiger partial charge in [0.25, 0.3) is 0 Å². The van der Waals surface area contributed by atoms with Crippen LogP contribution in [-0.2, 0) is 0 Å². The van der Waals surface area contributed by atoms with Gasteiger partial charge in [0.15, 0.2) is 0 Å². The lowest BCUT2D eigenvalue weighted by atomic mass is 10.1. The Balaban J connectivity index is 2.84. The molecule has 66 valence electrons. The first kappa shape index (κ1) is 8.05. The summed E-state index contributed by atoms with van der Waals surface area (Å²) >= 11 is 0. The number of rotatable bonds is 1. The van der Waals surface area contributed by atoms with Crippen LogP contribution < -0.4 is 4.74 Å². The molecule has 1 nitrogen and oxygen atoms in total. The third kappa shape index (κ3) is 1.24. The van der Waals surface area contributed by atoms with Crippen molar-refractivity contribution in [2.45, 2.75) is 0 Å². The van der Waals surface area contributed by atoms with Gasteiger partial charge in [0, 0.05) is 10.8 Å². The predicted molar refractivity (Wildman–Crippen MR) is 50.5 cm³/mol. The Hall–Kier alpha value is -1.57. The Morgan fingerprint density at radius 1 is 1.00 bits per heavy atom. The molecular weight excluding hydrogens is 166 g/mol. The van der Waals surface area contributed by atoms with Gasteiger partial charge >= 0.3 is 0 Å². The van der Waals surface area contributed by atoms with Gasteiger partial charge in [-0.15, -0.1) is 0 Å². The minimum atomic E-state index is -0.212. The number of ether oxygens (including phenoxy) is 1. The highest BCUT2D eigenvalue weighted by Gasteiger charge is 2.03. The van der Waals surface area contributed by atoms with E-state index in [1.165, 1.54) is 6.07 Å². The lowest BCUT2D eigenvalue weighted by Crippen LogP contribution is -1.86. The van der Waals surface area contributed by atoms with E-state index in [0.29, 0.717) is 11.1 Å². The van der Waals surface area contributed by atoms with Crippen molar-refractivity contribution in [1.29, 1.82) is 0 Å². The zero-order valence-electron chi connectivity index (χ0n) is 7.25. The molecule has 0 aromatic heterocycles. The van der Waals surface area contributed by atoms with Crippen LogP contribution in [0.1, 0.15) is 0 Å². The summed E-state index contributed by atoms with van der Waals surface area (Å²) in [6.07, 6.45) is 0. The highest BCUT2D eigenvalue weighted by atomic mass is 18.2. The van der Waals surface area contributed by atoms with E-state index in [0.717, 1.165) is 5.39 Å². The molecule has 0 unspecified atom stereocenters. The van der Waals surface area contributed by atoms with Crippen molar-refractivity contribution < 1.29 is 9.13 Å². The second kappa shape index (κ2) is 3.05. The van der Waals surface area contributed by atoms with Crippen LogP contribution in [0.25, 0.3) is 10.8 Å². The van der Waals surface area contributed by atoms with Crippen molar-refractivity contribution >= 4 is 10.8 Å². The quantitative estimate of drug-likeness (QED) is 0.647. The number of benzene rings is 2. The van der Waals surface area contributed by atoms with Crippen molar-refractivity contribution in [1.82, 2.24) is 0 Å². The van der Waals surface area contributed by atoms with Gasteiger partial charge in [-0.3, -0.25) is 0 Å². The highest BCUT2D eigenvalue weighted by Crippen LogP contribution is 2.26. The van der Waals surface area contributed by atoms with E-state index in [1.54, 1.807) is 19.2 Å². The first-order chi connectivity index (χ1) is 6.33. The summed E-state index contributed by atoms with van der Waals surface area (Å²) in [5, 5.41) is 1.41. The van der Waals surface area contributed by atoms with Gasteiger partial charge in [-0.1, -0.05) is 24.3 Å². The fraction of sp³-hybridized carbons (Fsp3) is 0.0909. The standard InChI is InChI=1S/C11H9FO/c1-13-11-7-6-10(12)8-4-2-3-5-9(8)11/h2-7H,1H3/i12-1. The number of hydrogen-bond acceptors (Lipinski definition) is 1. The van der Waals surface area contributed by atoms with E-state index in [2.05, 4.69) is 0 Å². The van der Waals surface area contributed by atoms with Crippen molar-refractivity contribution in [3.63, 3.8) is 0 Å². The summed E-state index contributed by atoms with van der Waals surface area (Å²) in [4.78, 5) is 0. The second-order valence-electron chi connectivity index (χ2n) is 2.80. The van der Waals surface area contributed by atoms with Crippen molar-refractivity contribution in [3.8, 4) is 5.75 Å². The summed E-state index contributed by atoms with van der Waals surface area (Å²) in [5.41, 5.74) is 0. The third-order valence-corrected chi connectivity index (χ3v) is 2.05. The molecule has 0 fully saturated rings. The Morgan fingerprint density at radius 3 is 2.38 bits per heavy atom. The Bertz CT molecular complexity index is 437. The molecule has 0 aliphatic rings. The van der Waals surface area contributed by atoms with E-state index >= 15 is 0 Å². The summed E-state index contributed by atoms with van der Waals surface area (Å²) in [6, 6.07) is 10.3. The Kier molecular flexibility index (Phi) is 1.89. The molecule has 0 saturated heterocycles. The van der Waals surface area contributed by atoms with Crippen LogP contribution in [-0.4, -0.2) is 7.11 Å². The molecule has 0 radical (unpaired) electrons. The largest absolute Gasteiger partial charge is 0.496 e. The Morgan fingerprint density at radius 2 is 1.69 bits per heavy atom. The topological polar surface area (TPSA) is 9.23 Å². The zero-order valence-corrected chi connectivity index (χ0v) is 7.25. The lowest BCUT2D eigenvalue weighted by Gasteiger charge is -2.04. The average molecular weight is 175 g/mol. The van der Waals surface area contributed by atoms with Gasteiger partial charge in [0.05, 0.1) is 7.11 Å². The van der Waals surface area contributed by atoms with E-state index in [-0.39, 0.29) is 5.82 Å². The Labute approximate surface area is 75.8 Å². The summed E-state index contributed by atoms with van der Waals surface area (Å²) in [7, 11) is 1.58. The molecule has 0 spiro atoms. The van der Waals surface area contributed by atoms with E-state index in [4.69, 9.17) is 4.74 Å². The SMILES string of the molecule is COc1ccc([18F])c2ccccc12. The number of halogens is 1. The molecule has 2 aromatic carbocycles. The van der Waals surface area contributed by atoms with Gasteiger partial charge in [-0.25, -0.2) is 4.39 Å². The number of fused-ring (bicyclic) bond motifs is 1. The number of methoxy groups -OCH3 is 1. The molecule has 2 rings (SSSR count). The molecule has 0 amide bonds. The van der Waals surface area contributed by atoms with Crippen LogP contribution in [0.2, 0.25) is 0 Å². The molecule has 0 bridgehead atoms. The maximum absolute atomic E-state index is 13.2. The van der Waals surface area contributed by atoms with Gasteiger partial charge in [0.2, 0.25) is 0 Å². The predicted octanol–water partition coefficient (Wildman–Crippen LogP) is 2.99. The maximum atomic E-state index is 13.2. The maximum Gasteiger partial charge on any atom is 0.131 e.